The highest BCUT2D eigenvalue weighted by Gasteiger charge is 2.15. The Balaban J connectivity index is 2.41. The van der Waals surface area contributed by atoms with Crippen molar-refractivity contribution >= 4 is 29.0 Å². The van der Waals surface area contributed by atoms with E-state index in [9.17, 15) is 4.79 Å². The first-order chi connectivity index (χ1) is 7.13. The maximum Gasteiger partial charge on any atom is 0.233 e. The highest BCUT2D eigenvalue weighted by atomic mass is 32.2. The number of carbonyl (C=O) groups excluding carboxylic acids is 1. The largest absolute Gasteiger partial charge is 0.355 e. The van der Waals surface area contributed by atoms with Gasteiger partial charge in [0.2, 0.25) is 5.91 Å². The summed E-state index contributed by atoms with van der Waals surface area (Å²) in [5.74, 6) is 0.0645. The monoisotopic (exact) mass is 245 g/mol. The van der Waals surface area contributed by atoms with E-state index in [1.165, 1.54) is 23.1 Å². The topological polar surface area (TPSA) is 54.9 Å². The Morgan fingerprint density at radius 3 is 2.87 bits per heavy atom. The fourth-order valence-corrected chi connectivity index (χ4v) is 2.91. The third-order valence-corrected chi connectivity index (χ3v) is 3.73. The molecule has 0 saturated heterocycles. The second kappa shape index (κ2) is 6.07. The molecule has 0 bridgehead atoms. The van der Waals surface area contributed by atoms with Crippen molar-refractivity contribution in [1.82, 2.24) is 15.5 Å². The van der Waals surface area contributed by atoms with Gasteiger partial charge >= 0.3 is 0 Å². The summed E-state index contributed by atoms with van der Waals surface area (Å²) in [6.45, 7) is 6.56. The first-order valence-electron chi connectivity index (χ1n) is 4.88. The smallest absolute Gasteiger partial charge is 0.233 e. The normalized spacial score (nSPS) is 12.5. The lowest BCUT2D eigenvalue weighted by Gasteiger charge is -2.08. The average molecular weight is 245 g/mol. The third kappa shape index (κ3) is 4.17. The zero-order chi connectivity index (χ0) is 11.3. The van der Waals surface area contributed by atoms with Gasteiger partial charge in [-0.25, -0.2) is 0 Å². The standard InChI is InChI=1S/C9H15N3OS2/c1-4-5-10-8(13)6(2)14-9-12-11-7(3)15-9/h6H,4-5H2,1-3H3,(H,10,13). The Kier molecular flexibility index (Phi) is 5.04. The lowest BCUT2D eigenvalue weighted by atomic mass is 10.4. The zero-order valence-corrected chi connectivity index (χ0v) is 10.7. The lowest BCUT2D eigenvalue weighted by molar-refractivity contribution is -0.120. The van der Waals surface area contributed by atoms with Gasteiger partial charge in [0, 0.05) is 6.54 Å². The van der Waals surface area contributed by atoms with Crippen LogP contribution >= 0.6 is 23.1 Å². The molecule has 0 aliphatic rings. The number of hydrogen-bond acceptors (Lipinski definition) is 5. The van der Waals surface area contributed by atoms with E-state index in [-0.39, 0.29) is 11.2 Å². The molecular formula is C9H15N3OS2. The Hall–Kier alpha value is -0.620. The number of aryl methyl sites for hydroxylation is 1. The van der Waals surface area contributed by atoms with E-state index in [4.69, 9.17) is 0 Å². The van der Waals surface area contributed by atoms with Gasteiger partial charge in [-0.15, -0.1) is 10.2 Å². The van der Waals surface area contributed by atoms with E-state index < -0.39 is 0 Å². The van der Waals surface area contributed by atoms with Gasteiger partial charge in [0.1, 0.15) is 5.01 Å². The van der Waals surface area contributed by atoms with Crippen molar-refractivity contribution in [3.8, 4) is 0 Å². The average Bonchev–Trinajstić information content (AvgIpc) is 2.60. The van der Waals surface area contributed by atoms with E-state index in [0.29, 0.717) is 0 Å². The minimum absolute atomic E-state index is 0.0645. The number of rotatable bonds is 5. The van der Waals surface area contributed by atoms with Crippen LogP contribution in [0.2, 0.25) is 0 Å². The van der Waals surface area contributed by atoms with Crippen LogP contribution in [0, 0.1) is 6.92 Å². The van der Waals surface area contributed by atoms with Gasteiger partial charge in [-0.2, -0.15) is 0 Å². The molecular weight excluding hydrogens is 230 g/mol. The summed E-state index contributed by atoms with van der Waals surface area (Å²) < 4.78 is 0.853. The van der Waals surface area contributed by atoms with Crippen LogP contribution in [0.3, 0.4) is 0 Å². The molecule has 4 nitrogen and oxygen atoms in total. The van der Waals surface area contributed by atoms with Crippen molar-refractivity contribution in [1.29, 1.82) is 0 Å². The highest BCUT2D eigenvalue weighted by molar-refractivity contribution is 8.02. The molecule has 0 aliphatic carbocycles. The van der Waals surface area contributed by atoms with Crippen molar-refractivity contribution in [2.24, 2.45) is 0 Å². The molecule has 0 aromatic carbocycles. The summed E-state index contributed by atoms with van der Waals surface area (Å²) >= 11 is 2.97. The Bertz CT molecular complexity index is 327. The number of thioether (sulfide) groups is 1. The summed E-state index contributed by atoms with van der Waals surface area (Å²) in [6.07, 6.45) is 0.959. The predicted octanol–water partition coefficient (Wildman–Crippen LogP) is 1.85. The van der Waals surface area contributed by atoms with Gasteiger partial charge < -0.3 is 5.32 Å². The number of amides is 1. The molecule has 1 atom stereocenters. The molecule has 0 radical (unpaired) electrons. The van der Waals surface area contributed by atoms with E-state index in [1.54, 1.807) is 0 Å². The highest BCUT2D eigenvalue weighted by Crippen LogP contribution is 2.25. The molecule has 0 fully saturated rings. The summed E-state index contributed by atoms with van der Waals surface area (Å²) in [7, 11) is 0. The van der Waals surface area contributed by atoms with Crippen LogP contribution in [-0.4, -0.2) is 27.9 Å². The summed E-state index contributed by atoms with van der Waals surface area (Å²) in [5, 5.41) is 11.6. The minimum Gasteiger partial charge on any atom is -0.355 e. The molecule has 6 heteroatoms. The van der Waals surface area contributed by atoms with Crippen molar-refractivity contribution < 1.29 is 4.79 Å². The van der Waals surface area contributed by atoms with Crippen LogP contribution in [0.1, 0.15) is 25.3 Å². The zero-order valence-electron chi connectivity index (χ0n) is 9.11. The molecule has 1 rings (SSSR count). The number of aromatic nitrogens is 2. The molecule has 0 saturated carbocycles. The van der Waals surface area contributed by atoms with Gasteiger partial charge in [0.05, 0.1) is 5.25 Å². The predicted molar refractivity (Wildman–Crippen MR) is 63.3 cm³/mol. The number of hydrogen-bond donors (Lipinski definition) is 1. The molecule has 84 valence electrons. The summed E-state index contributed by atoms with van der Waals surface area (Å²) in [5.41, 5.74) is 0. The lowest BCUT2D eigenvalue weighted by Crippen LogP contribution is -2.31. The number of nitrogens with zero attached hydrogens (tertiary/aromatic N) is 2. The fourth-order valence-electron chi connectivity index (χ4n) is 0.923. The Labute approximate surface area is 97.9 Å². The quantitative estimate of drug-likeness (QED) is 0.804. The van der Waals surface area contributed by atoms with Crippen molar-refractivity contribution in [2.45, 2.75) is 36.8 Å². The van der Waals surface area contributed by atoms with E-state index in [0.717, 1.165) is 22.3 Å². The summed E-state index contributed by atoms with van der Waals surface area (Å²) in [6, 6.07) is 0. The second-order valence-corrected chi connectivity index (χ2v) is 5.91. The molecule has 1 amide bonds. The molecule has 15 heavy (non-hydrogen) atoms. The van der Waals surface area contributed by atoms with E-state index in [1.807, 2.05) is 20.8 Å². The molecule has 1 heterocycles. The van der Waals surface area contributed by atoms with Crippen LogP contribution < -0.4 is 5.32 Å². The molecule has 1 unspecified atom stereocenters. The first-order valence-corrected chi connectivity index (χ1v) is 6.57. The molecule has 1 aromatic heterocycles. The Morgan fingerprint density at radius 1 is 1.60 bits per heavy atom. The van der Waals surface area contributed by atoms with Gasteiger partial charge in [0.25, 0.3) is 0 Å². The number of carbonyl (C=O) groups is 1. The first kappa shape index (κ1) is 12.4. The molecule has 0 aliphatic heterocycles. The van der Waals surface area contributed by atoms with Crippen LogP contribution in [-0.2, 0) is 4.79 Å². The van der Waals surface area contributed by atoms with Crippen LogP contribution in [0.5, 0.6) is 0 Å². The van der Waals surface area contributed by atoms with E-state index in [2.05, 4.69) is 15.5 Å². The fraction of sp³-hybridized carbons (Fsp3) is 0.667. The second-order valence-electron chi connectivity index (χ2n) is 3.14. The van der Waals surface area contributed by atoms with Gasteiger partial charge in [-0.1, -0.05) is 30.0 Å². The van der Waals surface area contributed by atoms with Gasteiger partial charge in [-0.3, -0.25) is 4.79 Å². The van der Waals surface area contributed by atoms with Crippen LogP contribution in [0.15, 0.2) is 4.34 Å². The van der Waals surface area contributed by atoms with Crippen molar-refractivity contribution in [3.63, 3.8) is 0 Å². The molecule has 0 spiro atoms. The van der Waals surface area contributed by atoms with Gasteiger partial charge in [0.15, 0.2) is 4.34 Å². The minimum atomic E-state index is -0.108. The summed E-state index contributed by atoms with van der Waals surface area (Å²) in [4.78, 5) is 11.5. The molecule has 1 aromatic rings. The van der Waals surface area contributed by atoms with Crippen molar-refractivity contribution in [2.75, 3.05) is 6.54 Å². The molecule has 1 N–H and O–H groups in total. The SMILES string of the molecule is CCCNC(=O)C(C)Sc1nnc(C)s1. The third-order valence-electron chi connectivity index (χ3n) is 1.70. The van der Waals surface area contributed by atoms with Crippen LogP contribution in [0.25, 0.3) is 0 Å². The Morgan fingerprint density at radius 2 is 2.33 bits per heavy atom. The maximum absolute atomic E-state index is 11.5. The number of nitrogens with one attached hydrogen (secondary N) is 1. The van der Waals surface area contributed by atoms with Crippen molar-refractivity contribution in [3.05, 3.63) is 5.01 Å². The maximum atomic E-state index is 11.5. The van der Waals surface area contributed by atoms with Gasteiger partial charge in [-0.05, 0) is 20.3 Å². The van der Waals surface area contributed by atoms with Crippen LogP contribution in [0.4, 0.5) is 0 Å². The van der Waals surface area contributed by atoms with E-state index >= 15 is 0 Å².